The van der Waals surface area contributed by atoms with Crippen LogP contribution in [0.3, 0.4) is 0 Å². The van der Waals surface area contributed by atoms with Crippen molar-refractivity contribution < 1.29 is 23.5 Å². The lowest BCUT2D eigenvalue weighted by Gasteiger charge is -2.27. The van der Waals surface area contributed by atoms with Crippen molar-refractivity contribution in [2.75, 3.05) is 33.9 Å². The van der Waals surface area contributed by atoms with E-state index in [0.29, 0.717) is 53.9 Å². The van der Waals surface area contributed by atoms with Gasteiger partial charge in [0.15, 0.2) is 11.5 Å². The van der Waals surface area contributed by atoms with Crippen molar-refractivity contribution in [3.8, 4) is 11.5 Å². The molecule has 0 fully saturated rings. The molecule has 0 saturated carbocycles. The average molecular weight is 527 g/mol. The molecule has 1 aromatic heterocycles. The fraction of sp³-hybridized carbons (Fsp3) is 0.379. The lowest BCUT2D eigenvalue weighted by molar-refractivity contribution is -0.132. The molecular weight excluding hydrogens is 492 g/mol. The smallest absolute Gasteiger partial charge is 0.254 e. The Morgan fingerprint density at radius 2 is 1.65 bits per heavy atom. The van der Waals surface area contributed by atoms with Gasteiger partial charge in [0.2, 0.25) is 5.91 Å². The number of benzene rings is 2. The number of halogens is 1. The van der Waals surface area contributed by atoms with Crippen molar-refractivity contribution in [3.05, 3.63) is 82.3 Å². The van der Waals surface area contributed by atoms with Crippen LogP contribution in [-0.2, 0) is 17.8 Å². The van der Waals surface area contributed by atoms with E-state index in [-0.39, 0.29) is 18.4 Å². The summed E-state index contributed by atoms with van der Waals surface area (Å²) in [4.78, 5) is 30.2. The van der Waals surface area contributed by atoms with Crippen LogP contribution in [-0.4, -0.2) is 55.5 Å². The molecule has 0 aliphatic rings. The van der Waals surface area contributed by atoms with Crippen LogP contribution in [0, 0.1) is 6.92 Å². The summed E-state index contributed by atoms with van der Waals surface area (Å²) in [5.74, 6) is 2.43. The van der Waals surface area contributed by atoms with E-state index in [1.807, 2.05) is 37.3 Å². The first-order chi connectivity index (χ1) is 17.8. The highest BCUT2D eigenvalue weighted by molar-refractivity contribution is 6.30. The summed E-state index contributed by atoms with van der Waals surface area (Å²) in [6.45, 7) is 5.17. The Morgan fingerprint density at radius 3 is 2.27 bits per heavy atom. The largest absolute Gasteiger partial charge is 0.493 e. The van der Waals surface area contributed by atoms with Gasteiger partial charge in [-0.3, -0.25) is 9.59 Å². The number of methoxy groups -OCH3 is 2. The molecule has 0 saturated heterocycles. The van der Waals surface area contributed by atoms with E-state index in [4.69, 9.17) is 25.5 Å². The summed E-state index contributed by atoms with van der Waals surface area (Å²) in [6, 6.07) is 16.2. The molecule has 0 N–H and O–H groups in total. The van der Waals surface area contributed by atoms with Gasteiger partial charge in [-0.1, -0.05) is 31.0 Å². The number of unbranched alkanes of at least 4 members (excludes halogenated alkanes) is 1. The highest BCUT2D eigenvalue weighted by Crippen LogP contribution is 2.28. The molecule has 1 heterocycles. The first-order valence-electron chi connectivity index (χ1n) is 12.4. The van der Waals surface area contributed by atoms with E-state index in [9.17, 15) is 9.59 Å². The molecule has 2 amide bonds. The molecular formula is C29H35ClN2O5. The molecule has 3 rings (SSSR count). The highest BCUT2D eigenvalue weighted by atomic mass is 35.5. The van der Waals surface area contributed by atoms with E-state index < -0.39 is 0 Å². The van der Waals surface area contributed by atoms with E-state index in [1.165, 1.54) is 0 Å². The molecule has 198 valence electrons. The summed E-state index contributed by atoms with van der Waals surface area (Å²) in [5.41, 5.74) is 1.51. The van der Waals surface area contributed by atoms with E-state index in [2.05, 4.69) is 6.92 Å². The first kappa shape index (κ1) is 28.1. The number of rotatable bonds is 13. The Morgan fingerprint density at radius 1 is 0.919 bits per heavy atom. The molecule has 0 atom stereocenters. The molecule has 0 bridgehead atoms. The number of amides is 2. The van der Waals surface area contributed by atoms with Crippen molar-refractivity contribution in [2.45, 2.75) is 39.7 Å². The lowest BCUT2D eigenvalue weighted by Crippen LogP contribution is -2.43. The summed E-state index contributed by atoms with van der Waals surface area (Å²) >= 11 is 6.00. The van der Waals surface area contributed by atoms with Crippen LogP contribution in [0.25, 0.3) is 0 Å². The fourth-order valence-electron chi connectivity index (χ4n) is 3.99. The quantitative estimate of drug-likeness (QED) is 0.282. The predicted octanol–water partition coefficient (Wildman–Crippen LogP) is 5.77. The minimum Gasteiger partial charge on any atom is -0.493 e. The minimum absolute atomic E-state index is 0.0207. The number of aryl methyl sites for hydroxylation is 1. The average Bonchev–Trinajstić information content (AvgIpc) is 3.32. The van der Waals surface area contributed by atoms with Gasteiger partial charge in [-0.15, -0.1) is 0 Å². The zero-order chi connectivity index (χ0) is 26.8. The van der Waals surface area contributed by atoms with Gasteiger partial charge in [-0.2, -0.15) is 0 Å². The number of ether oxygens (including phenoxy) is 2. The third-order valence-corrected chi connectivity index (χ3v) is 6.35. The minimum atomic E-state index is -0.188. The van der Waals surface area contributed by atoms with Gasteiger partial charge < -0.3 is 23.7 Å². The second kappa shape index (κ2) is 13.7. The van der Waals surface area contributed by atoms with Gasteiger partial charge in [0.05, 0.1) is 20.8 Å². The van der Waals surface area contributed by atoms with Crippen molar-refractivity contribution in [1.29, 1.82) is 0 Å². The Hall–Kier alpha value is -3.45. The Kier molecular flexibility index (Phi) is 10.4. The van der Waals surface area contributed by atoms with Crippen molar-refractivity contribution in [3.63, 3.8) is 0 Å². The Bertz CT molecular complexity index is 1180. The predicted molar refractivity (Wildman–Crippen MR) is 144 cm³/mol. The maximum absolute atomic E-state index is 13.6. The monoisotopic (exact) mass is 526 g/mol. The maximum atomic E-state index is 13.6. The summed E-state index contributed by atoms with van der Waals surface area (Å²) < 4.78 is 16.5. The molecule has 0 aliphatic carbocycles. The molecule has 0 radical (unpaired) electrons. The highest BCUT2D eigenvalue weighted by Gasteiger charge is 2.23. The molecule has 3 aromatic rings. The number of carbonyl (C=O) groups excluding carboxylic acids is 2. The van der Waals surface area contributed by atoms with Crippen LogP contribution in [0.2, 0.25) is 5.02 Å². The fourth-order valence-corrected chi connectivity index (χ4v) is 4.12. The molecule has 37 heavy (non-hydrogen) atoms. The maximum Gasteiger partial charge on any atom is 0.254 e. The summed E-state index contributed by atoms with van der Waals surface area (Å²) in [7, 11) is 3.19. The van der Waals surface area contributed by atoms with Crippen molar-refractivity contribution >= 4 is 23.4 Å². The Balaban J connectivity index is 1.78. The molecule has 0 aliphatic heterocycles. The summed E-state index contributed by atoms with van der Waals surface area (Å²) in [5, 5.41) is 0.558. The normalized spacial score (nSPS) is 10.7. The standard InChI is InChI=1S/C29H35ClN2O5/c1-5-6-16-32(29(34)23-9-11-24(30)12-10-23)20-28(33)31(19-25-13-7-21(2)37-25)17-15-22-8-14-26(35-3)27(18-22)36-4/h7-14,18H,5-6,15-17,19-20H2,1-4H3. The number of carbonyl (C=O) groups is 2. The number of hydrogen-bond donors (Lipinski definition) is 0. The zero-order valence-electron chi connectivity index (χ0n) is 22.0. The van der Waals surface area contributed by atoms with E-state index >= 15 is 0 Å². The van der Waals surface area contributed by atoms with Crippen LogP contribution in [0.5, 0.6) is 11.5 Å². The second-order valence-corrected chi connectivity index (χ2v) is 9.29. The van der Waals surface area contributed by atoms with Crippen LogP contribution >= 0.6 is 11.6 Å². The van der Waals surface area contributed by atoms with E-state index in [1.54, 1.807) is 48.3 Å². The van der Waals surface area contributed by atoms with Gasteiger partial charge in [-0.05, 0) is 73.9 Å². The van der Waals surface area contributed by atoms with Gasteiger partial charge in [-0.25, -0.2) is 0 Å². The third kappa shape index (κ3) is 8.02. The SMILES string of the molecule is CCCCN(CC(=O)N(CCc1ccc(OC)c(OC)c1)Cc1ccc(C)o1)C(=O)c1ccc(Cl)cc1. The van der Waals surface area contributed by atoms with Gasteiger partial charge in [0, 0.05) is 23.7 Å². The van der Waals surface area contributed by atoms with Crippen LogP contribution in [0.1, 0.15) is 47.2 Å². The van der Waals surface area contributed by atoms with Crippen molar-refractivity contribution in [1.82, 2.24) is 9.80 Å². The first-order valence-corrected chi connectivity index (χ1v) is 12.8. The second-order valence-electron chi connectivity index (χ2n) is 8.85. The van der Waals surface area contributed by atoms with Crippen LogP contribution < -0.4 is 9.47 Å². The Labute approximate surface area is 223 Å². The topological polar surface area (TPSA) is 72.2 Å². The van der Waals surface area contributed by atoms with Crippen LogP contribution in [0.15, 0.2) is 59.0 Å². The van der Waals surface area contributed by atoms with E-state index in [0.717, 1.165) is 24.2 Å². The molecule has 8 heteroatoms. The van der Waals surface area contributed by atoms with Crippen molar-refractivity contribution in [2.24, 2.45) is 0 Å². The zero-order valence-corrected chi connectivity index (χ0v) is 22.7. The molecule has 7 nitrogen and oxygen atoms in total. The number of furan rings is 1. The number of hydrogen-bond acceptors (Lipinski definition) is 5. The molecule has 0 spiro atoms. The van der Waals surface area contributed by atoms with Gasteiger partial charge in [0.1, 0.15) is 18.1 Å². The third-order valence-electron chi connectivity index (χ3n) is 6.10. The number of nitrogens with zero attached hydrogens (tertiary/aromatic N) is 2. The van der Waals surface area contributed by atoms with Gasteiger partial charge >= 0.3 is 0 Å². The van der Waals surface area contributed by atoms with Gasteiger partial charge in [0.25, 0.3) is 5.91 Å². The van der Waals surface area contributed by atoms with Crippen LogP contribution in [0.4, 0.5) is 0 Å². The summed E-state index contributed by atoms with van der Waals surface area (Å²) in [6.07, 6.45) is 2.31. The molecule has 0 unspecified atom stereocenters. The lowest BCUT2D eigenvalue weighted by atomic mass is 10.1. The molecule has 2 aromatic carbocycles.